The van der Waals surface area contributed by atoms with Gasteiger partial charge in [0.15, 0.2) is 11.0 Å². The second kappa shape index (κ2) is 7.25. The van der Waals surface area contributed by atoms with Crippen molar-refractivity contribution in [3.05, 3.63) is 52.2 Å². The lowest BCUT2D eigenvalue weighted by Crippen LogP contribution is -2.07. The van der Waals surface area contributed by atoms with Gasteiger partial charge in [-0.05, 0) is 49.8 Å². The SMILES string of the molecule is Cc1c(Cl)nnc(NCCCCc2ccccc2)c1C. The van der Waals surface area contributed by atoms with Crippen LogP contribution in [0.15, 0.2) is 30.3 Å². The van der Waals surface area contributed by atoms with Crippen LogP contribution in [-0.2, 0) is 6.42 Å². The van der Waals surface area contributed by atoms with E-state index in [2.05, 4.69) is 45.8 Å². The summed E-state index contributed by atoms with van der Waals surface area (Å²) in [5.74, 6) is 0.839. The topological polar surface area (TPSA) is 37.8 Å². The van der Waals surface area contributed by atoms with Crippen LogP contribution in [0.25, 0.3) is 0 Å². The predicted molar refractivity (Wildman–Crippen MR) is 84.4 cm³/mol. The van der Waals surface area contributed by atoms with Gasteiger partial charge in [-0.25, -0.2) is 0 Å². The third kappa shape index (κ3) is 3.94. The Bertz CT molecular complexity index is 555. The van der Waals surface area contributed by atoms with E-state index in [4.69, 9.17) is 11.6 Å². The summed E-state index contributed by atoms with van der Waals surface area (Å²) in [6.45, 7) is 4.89. The van der Waals surface area contributed by atoms with Gasteiger partial charge in [0, 0.05) is 6.54 Å². The lowest BCUT2D eigenvalue weighted by molar-refractivity contribution is 0.759. The Hall–Kier alpha value is -1.61. The molecule has 4 heteroatoms. The fourth-order valence-electron chi connectivity index (χ4n) is 2.05. The van der Waals surface area contributed by atoms with Gasteiger partial charge >= 0.3 is 0 Å². The van der Waals surface area contributed by atoms with E-state index in [1.807, 2.05) is 13.8 Å². The Kier molecular flexibility index (Phi) is 5.36. The Morgan fingerprint density at radius 3 is 2.50 bits per heavy atom. The van der Waals surface area contributed by atoms with Gasteiger partial charge in [0.2, 0.25) is 0 Å². The van der Waals surface area contributed by atoms with E-state index in [1.165, 1.54) is 5.56 Å². The summed E-state index contributed by atoms with van der Waals surface area (Å²) in [4.78, 5) is 0. The van der Waals surface area contributed by atoms with Gasteiger partial charge in [-0.15, -0.1) is 10.2 Å². The van der Waals surface area contributed by atoms with Gasteiger partial charge in [0.1, 0.15) is 0 Å². The van der Waals surface area contributed by atoms with E-state index in [0.29, 0.717) is 5.15 Å². The molecule has 1 heterocycles. The van der Waals surface area contributed by atoms with Crippen molar-refractivity contribution in [2.45, 2.75) is 33.1 Å². The molecule has 106 valence electrons. The van der Waals surface area contributed by atoms with Crippen LogP contribution in [0.2, 0.25) is 5.15 Å². The number of aryl methyl sites for hydroxylation is 1. The van der Waals surface area contributed by atoms with Crippen LogP contribution >= 0.6 is 11.6 Å². The summed E-state index contributed by atoms with van der Waals surface area (Å²) >= 11 is 5.94. The Morgan fingerprint density at radius 2 is 1.75 bits per heavy atom. The maximum Gasteiger partial charge on any atom is 0.155 e. The number of halogens is 1. The van der Waals surface area contributed by atoms with Crippen molar-refractivity contribution >= 4 is 17.4 Å². The van der Waals surface area contributed by atoms with Crippen LogP contribution in [0.3, 0.4) is 0 Å². The number of rotatable bonds is 6. The Balaban J connectivity index is 1.75. The monoisotopic (exact) mass is 289 g/mol. The molecule has 0 saturated carbocycles. The molecule has 1 aromatic carbocycles. The molecule has 0 amide bonds. The summed E-state index contributed by atoms with van der Waals surface area (Å²) in [5, 5.41) is 11.9. The smallest absolute Gasteiger partial charge is 0.155 e. The summed E-state index contributed by atoms with van der Waals surface area (Å²) in [5.41, 5.74) is 3.47. The summed E-state index contributed by atoms with van der Waals surface area (Å²) in [7, 11) is 0. The van der Waals surface area contributed by atoms with E-state index in [0.717, 1.165) is 42.8 Å². The molecule has 0 saturated heterocycles. The Morgan fingerprint density at radius 1 is 1.00 bits per heavy atom. The van der Waals surface area contributed by atoms with Crippen molar-refractivity contribution in [3.8, 4) is 0 Å². The third-order valence-corrected chi connectivity index (χ3v) is 3.85. The molecule has 3 nitrogen and oxygen atoms in total. The van der Waals surface area contributed by atoms with Gasteiger partial charge in [-0.1, -0.05) is 41.9 Å². The predicted octanol–water partition coefficient (Wildman–Crippen LogP) is 4.18. The molecule has 2 aromatic rings. The first-order valence-electron chi connectivity index (χ1n) is 6.95. The van der Waals surface area contributed by atoms with E-state index in [-0.39, 0.29) is 0 Å². The summed E-state index contributed by atoms with van der Waals surface area (Å²) in [6.07, 6.45) is 3.39. The summed E-state index contributed by atoms with van der Waals surface area (Å²) in [6, 6.07) is 10.6. The fourth-order valence-corrected chi connectivity index (χ4v) is 2.23. The Labute approximate surface area is 125 Å². The van der Waals surface area contributed by atoms with Crippen LogP contribution < -0.4 is 5.32 Å². The zero-order valence-corrected chi connectivity index (χ0v) is 12.7. The van der Waals surface area contributed by atoms with E-state index in [1.54, 1.807) is 0 Å². The van der Waals surface area contributed by atoms with Crippen LogP contribution in [-0.4, -0.2) is 16.7 Å². The number of hydrogen-bond acceptors (Lipinski definition) is 3. The van der Waals surface area contributed by atoms with Crippen molar-refractivity contribution in [1.29, 1.82) is 0 Å². The van der Waals surface area contributed by atoms with Crippen molar-refractivity contribution in [3.63, 3.8) is 0 Å². The van der Waals surface area contributed by atoms with Gasteiger partial charge in [0.25, 0.3) is 0 Å². The van der Waals surface area contributed by atoms with E-state index < -0.39 is 0 Å². The molecule has 1 N–H and O–H groups in total. The van der Waals surface area contributed by atoms with Gasteiger partial charge in [-0.2, -0.15) is 0 Å². The number of nitrogens with zero attached hydrogens (tertiary/aromatic N) is 2. The van der Waals surface area contributed by atoms with Crippen LogP contribution in [0, 0.1) is 13.8 Å². The number of anilines is 1. The molecule has 0 spiro atoms. The van der Waals surface area contributed by atoms with Crippen molar-refractivity contribution in [2.24, 2.45) is 0 Å². The largest absolute Gasteiger partial charge is 0.368 e. The zero-order chi connectivity index (χ0) is 14.4. The van der Waals surface area contributed by atoms with Crippen molar-refractivity contribution in [1.82, 2.24) is 10.2 Å². The molecule has 0 bridgehead atoms. The number of nitrogens with one attached hydrogen (secondary N) is 1. The molecule has 0 aliphatic rings. The number of benzene rings is 1. The van der Waals surface area contributed by atoms with Crippen LogP contribution in [0.1, 0.15) is 29.5 Å². The molecular weight excluding hydrogens is 270 g/mol. The molecular formula is C16H20ClN3. The molecule has 0 fully saturated rings. The molecule has 0 unspecified atom stereocenters. The highest BCUT2D eigenvalue weighted by Gasteiger charge is 2.07. The number of unbranched alkanes of at least 4 members (excludes halogenated alkanes) is 1. The minimum absolute atomic E-state index is 0.483. The highest BCUT2D eigenvalue weighted by molar-refractivity contribution is 6.30. The molecule has 2 rings (SSSR count). The highest BCUT2D eigenvalue weighted by atomic mass is 35.5. The fraction of sp³-hybridized carbons (Fsp3) is 0.375. The minimum Gasteiger partial charge on any atom is -0.368 e. The van der Waals surface area contributed by atoms with Crippen molar-refractivity contribution in [2.75, 3.05) is 11.9 Å². The first-order valence-corrected chi connectivity index (χ1v) is 7.33. The second-order valence-corrected chi connectivity index (χ2v) is 5.32. The standard InChI is InChI=1S/C16H20ClN3/c1-12-13(2)16(20-19-15(12)17)18-11-7-6-10-14-8-4-3-5-9-14/h3-5,8-9H,6-7,10-11H2,1-2H3,(H,18,20). The van der Waals surface area contributed by atoms with Gasteiger partial charge < -0.3 is 5.32 Å². The number of hydrogen-bond donors (Lipinski definition) is 1. The minimum atomic E-state index is 0.483. The maximum atomic E-state index is 5.94. The number of aromatic nitrogens is 2. The van der Waals surface area contributed by atoms with Crippen LogP contribution in [0.5, 0.6) is 0 Å². The first-order chi connectivity index (χ1) is 9.68. The lowest BCUT2D eigenvalue weighted by atomic mass is 10.1. The lowest BCUT2D eigenvalue weighted by Gasteiger charge is -2.10. The normalized spacial score (nSPS) is 10.6. The second-order valence-electron chi connectivity index (χ2n) is 4.96. The molecule has 1 aromatic heterocycles. The van der Waals surface area contributed by atoms with Crippen molar-refractivity contribution < 1.29 is 0 Å². The van der Waals surface area contributed by atoms with Gasteiger partial charge in [0.05, 0.1) is 0 Å². The molecule has 0 aliphatic heterocycles. The summed E-state index contributed by atoms with van der Waals surface area (Å²) < 4.78 is 0. The van der Waals surface area contributed by atoms with Crippen LogP contribution in [0.4, 0.5) is 5.82 Å². The van der Waals surface area contributed by atoms with E-state index >= 15 is 0 Å². The average Bonchev–Trinajstić information content (AvgIpc) is 2.48. The molecule has 20 heavy (non-hydrogen) atoms. The zero-order valence-electron chi connectivity index (χ0n) is 12.0. The van der Waals surface area contributed by atoms with E-state index in [9.17, 15) is 0 Å². The van der Waals surface area contributed by atoms with Gasteiger partial charge in [-0.3, -0.25) is 0 Å². The average molecular weight is 290 g/mol. The highest BCUT2D eigenvalue weighted by Crippen LogP contribution is 2.20. The quantitative estimate of drug-likeness (QED) is 0.811. The third-order valence-electron chi connectivity index (χ3n) is 3.49. The molecule has 0 atom stereocenters. The maximum absolute atomic E-state index is 5.94. The molecule has 0 radical (unpaired) electrons. The molecule has 0 aliphatic carbocycles. The first kappa shape index (κ1) is 14.8.